The van der Waals surface area contributed by atoms with Gasteiger partial charge in [-0.05, 0) is 62.3 Å². The van der Waals surface area contributed by atoms with Crippen LogP contribution < -0.4 is 10.6 Å². The average molecular weight is 673 g/mol. The first kappa shape index (κ1) is 35.3. The molecule has 3 heterocycles. The Kier molecular flexibility index (Phi) is 9.95. The second kappa shape index (κ2) is 12.7. The molecule has 3 rings (SSSR count). The third-order valence-corrected chi connectivity index (χ3v) is 7.40. The molecule has 0 radical (unpaired) electrons. The number of aromatic nitrogens is 4. The van der Waals surface area contributed by atoms with Gasteiger partial charge in [0.1, 0.15) is 35.1 Å². The third-order valence-electron chi connectivity index (χ3n) is 5.70. The van der Waals surface area contributed by atoms with Crippen LogP contribution in [0.2, 0.25) is 0 Å². The zero-order valence-electron chi connectivity index (χ0n) is 26.1. The molecule has 0 spiro atoms. The molecule has 45 heavy (non-hydrogen) atoms. The quantitative estimate of drug-likeness (QED) is 0.107. The lowest BCUT2D eigenvalue weighted by molar-refractivity contribution is -0.179. The molecule has 2 atom stereocenters. The minimum atomic E-state index is -5.00. The van der Waals surface area contributed by atoms with Crippen LogP contribution in [0.5, 0.6) is 0 Å². The summed E-state index contributed by atoms with van der Waals surface area (Å²) in [5.74, 6) is -2.61. The fourth-order valence-corrected chi connectivity index (χ4v) is 5.21. The molecular formula is C25H36N8O10S2. The van der Waals surface area contributed by atoms with Crippen LogP contribution in [0.25, 0.3) is 0 Å². The van der Waals surface area contributed by atoms with Gasteiger partial charge < -0.3 is 19.6 Å². The second-order valence-corrected chi connectivity index (χ2v) is 14.5. The number of hydrogen-bond donors (Lipinski definition) is 3. The molecule has 2 aromatic heterocycles. The Morgan fingerprint density at radius 3 is 2.24 bits per heavy atom. The summed E-state index contributed by atoms with van der Waals surface area (Å²) < 4.78 is 45.6. The molecule has 0 saturated carbocycles. The van der Waals surface area contributed by atoms with E-state index in [-0.39, 0.29) is 21.7 Å². The monoisotopic (exact) mass is 672 g/mol. The summed E-state index contributed by atoms with van der Waals surface area (Å²) in [4.78, 5) is 65.0. The number of carbonyl (C=O) groups excluding carboxylic acids is 4. The van der Waals surface area contributed by atoms with Gasteiger partial charge in [0.25, 0.3) is 11.8 Å². The molecule has 0 aliphatic carbocycles. The van der Waals surface area contributed by atoms with Gasteiger partial charge in [-0.1, -0.05) is 5.16 Å². The van der Waals surface area contributed by atoms with Crippen LogP contribution in [0, 0.1) is 6.92 Å². The first-order valence-corrected chi connectivity index (χ1v) is 15.7. The van der Waals surface area contributed by atoms with Gasteiger partial charge in [-0.3, -0.25) is 19.5 Å². The number of aryl methyl sites for hydroxylation is 1. The third kappa shape index (κ3) is 9.17. The Labute approximate surface area is 263 Å². The van der Waals surface area contributed by atoms with Crippen molar-refractivity contribution < 1.29 is 46.5 Å². The van der Waals surface area contributed by atoms with Crippen LogP contribution in [-0.4, -0.2) is 95.5 Å². The van der Waals surface area contributed by atoms with Crippen molar-refractivity contribution in [3.05, 3.63) is 23.2 Å². The Balaban J connectivity index is 1.94. The van der Waals surface area contributed by atoms with Gasteiger partial charge >= 0.3 is 22.4 Å². The Morgan fingerprint density at radius 2 is 1.71 bits per heavy atom. The van der Waals surface area contributed by atoms with E-state index >= 15 is 0 Å². The van der Waals surface area contributed by atoms with Crippen LogP contribution in [0.1, 0.15) is 66.9 Å². The smallest absolute Gasteiger partial charge is 0.413 e. The average Bonchev–Trinajstić information content (AvgIpc) is 3.47. The van der Waals surface area contributed by atoms with Crippen molar-refractivity contribution in [2.24, 2.45) is 5.16 Å². The number of carbonyl (C=O) groups is 4. The maximum atomic E-state index is 13.6. The summed E-state index contributed by atoms with van der Waals surface area (Å²) >= 11 is 0.908. The van der Waals surface area contributed by atoms with Crippen molar-refractivity contribution in [3.8, 4) is 0 Å². The number of rotatable bonds is 10. The van der Waals surface area contributed by atoms with E-state index in [2.05, 4.69) is 30.9 Å². The highest BCUT2D eigenvalue weighted by atomic mass is 32.2. The van der Waals surface area contributed by atoms with Gasteiger partial charge in [-0.25, -0.2) is 28.5 Å². The number of nitrogens with zero attached hydrogens (tertiary/aromatic N) is 6. The van der Waals surface area contributed by atoms with E-state index < -0.39 is 68.8 Å². The summed E-state index contributed by atoms with van der Waals surface area (Å²) in [5.41, 5.74) is -4.03. The van der Waals surface area contributed by atoms with E-state index in [1.54, 1.807) is 48.5 Å². The number of anilines is 1. The lowest BCUT2D eigenvalue weighted by Gasteiger charge is -2.44. The molecule has 1 aliphatic rings. The van der Waals surface area contributed by atoms with Crippen LogP contribution in [-0.2, 0) is 45.5 Å². The van der Waals surface area contributed by atoms with Gasteiger partial charge in [0, 0.05) is 5.38 Å². The predicted octanol–water partition coefficient (Wildman–Crippen LogP) is 1.43. The number of β-lactam (4-membered cyclic amide) rings is 1. The van der Waals surface area contributed by atoms with Gasteiger partial charge in [0.15, 0.2) is 10.8 Å². The standard InChI is InChI=1S/C25H36N8O10S2/c1-13-26-12-27-32(13)10-15-17(19(35)33(15)45(38,39)40)29-18(34)16(31-43-25(8,9)20(36)41-23(2,3)4)14-11-44-21(28-14)30-22(37)42-24(5,6)7/h11-12,15,17H,10H2,1-9H3,(H,29,34)(H,28,30,37)(H,38,39,40)/t15-,17+/m1/s1. The number of amides is 3. The maximum Gasteiger partial charge on any atom is 0.413 e. The molecule has 3 N–H and O–H groups in total. The van der Waals surface area contributed by atoms with Gasteiger partial charge in [0.2, 0.25) is 5.60 Å². The zero-order chi connectivity index (χ0) is 34.1. The molecule has 248 valence electrons. The lowest BCUT2D eigenvalue weighted by atomic mass is 9.98. The van der Waals surface area contributed by atoms with Gasteiger partial charge in [0.05, 0.1) is 12.6 Å². The normalized spacial score (nSPS) is 17.8. The largest absolute Gasteiger partial charge is 0.457 e. The molecular weight excluding hydrogens is 636 g/mol. The molecule has 20 heteroatoms. The highest BCUT2D eigenvalue weighted by molar-refractivity contribution is 7.84. The summed E-state index contributed by atoms with van der Waals surface area (Å²) in [6.07, 6.45) is 0.395. The number of oxime groups is 1. The van der Waals surface area contributed by atoms with Crippen LogP contribution in [0.15, 0.2) is 16.9 Å². The topological polar surface area (TPSA) is 234 Å². The first-order valence-electron chi connectivity index (χ1n) is 13.4. The minimum absolute atomic E-state index is 0.0166. The molecule has 0 bridgehead atoms. The number of hydrogen-bond acceptors (Lipinski definition) is 14. The van der Waals surface area contributed by atoms with E-state index in [1.165, 1.54) is 30.2 Å². The number of ether oxygens (including phenoxy) is 2. The SMILES string of the molecule is Cc1ncnn1C[C@@H]1[C@H](NC(=O)C(=NOC(C)(C)C(=O)OC(C)(C)C)c2csc(NC(=O)OC(C)(C)C)n2)C(=O)N1S(=O)(=O)O. The molecule has 2 aromatic rings. The predicted molar refractivity (Wildman–Crippen MR) is 158 cm³/mol. The lowest BCUT2D eigenvalue weighted by Crippen LogP contribution is -2.73. The molecule has 1 fully saturated rings. The zero-order valence-corrected chi connectivity index (χ0v) is 27.8. The molecule has 0 unspecified atom stereocenters. The second-order valence-electron chi connectivity index (χ2n) is 12.3. The summed E-state index contributed by atoms with van der Waals surface area (Å²) in [6.45, 7) is 14.0. The molecule has 18 nitrogen and oxygen atoms in total. The van der Waals surface area contributed by atoms with Crippen LogP contribution in [0.4, 0.5) is 9.93 Å². The van der Waals surface area contributed by atoms with E-state index in [4.69, 9.17) is 14.3 Å². The Hall–Kier alpha value is -4.17. The molecule has 3 amide bonds. The van der Waals surface area contributed by atoms with Crippen molar-refractivity contribution in [1.82, 2.24) is 29.4 Å². The van der Waals surface area contributed by atoms with E-state index in [1.807, 2.05) is 0 Å². The van der Waals surface area contributed by atoms with Crippen molar-refractivity contribution in [2.45, 2.75) is 97.7 Å². The maximum absolute atomic E-state index is 13.6. The highest BCUT2D eigenvalue weighted by Gasteiger charge is 2.54. The fourth-order valence-electron chi connectivity index (χ4n) is 3.66. The van der Waals surface area contributed by atoms with Crippen LogP contribution in [0.3, 0.4) is 0 Å². The minimum Gasteiger partial charge on any atom is -0.457 e. The molecule has 1 aliphatic heterocycles. The fraction of sp³-hybridized carbons (Fsp3) is 0.600. The number of thiazole rings is 1. The van der Waals surface area contributed by atoms with Crippen molar-refractivity contribution in [3.63, 3.8) is 0 Å². The van der Waals surface area contributed by atoms with Gasteiger partial charge in [-0.15, -0.1) is 11.3 Å². The van der Waals surface area contributed by atoms with E-state index in [0.29, 0.717) is 5.82 Å². The van der Waals surface area contributed by atoms with E-state index in [0.717, 1.165) is 11.3 Å². The number of esters is 1. The summed E-state index contributed by atoms with van der Waals surface area (Å²) in [7, 11) is -5.00. The molecule has 1 saturated heterocycles. The van der Waals surface area contributed by atoms with E-state index in [9.17, 15) is 32.1 Å². The van der Waals surface area contributed by atoms with Crippen LogP contribution >= 0.6 is 11.3 Å². The number of nitrogens with one attached hydrogen (secondary N) is 2. The van der Waals surface area contributed by atoms with Crippen molar-refractivity contribution in [2.75, 3.05) is 5.32 Å². The van der Waals surface area contributed by atoms with Crippen molar-refractivity contribution >= 4 is 56.4 Å². The first-order chi connectivity index (χ1) is 20.5. The summed E-state index contributed by atoms with van der Waals surface area (Å²) in [6, 6.07) is -2.76. The van der Waals surface area contributed by atoms with Crippen molar-refractivity contribution in [1.29, 1.82) is 0 Å². The molecule has 0 aromatic carbocycles. The Morgan fingerprint density at radius 1 is 1.09 bits per heavy atom. The highest BCUT2D eigenvalue weighted by Crippen LogP contribution is 2.26. The van der Waals surface area contributed by atoms with Gasteiger partial charge in [-0.2, -0.15) is 13.5 Å². The Bertz CT molecular complexity index is 1600. The summed E-state index contributed by atoms with van der Waals surface area (Å²) in [5, 5.41) is 14.0.